The van der Waals surface area contributed by atoms with Crippen LogP contribution in [0.1, 0.15) is 13.8 Å². The summed E-state index contributed by atoms with van der Waals surface area (Å²) in [6.45, 7) is 2.80. The molecule has 0 spiro atoms. The first-order valence-corrected chi connectivity index (χ1v) is 9.11. The first-order valence-electron chi connectivity index (χ1n) is 4.33. The van der Waals surface area contributed by atoms with Gasteiger partial charge in [0, 0.05) is 0 Å². The van der Waals surface area contributed by atoms with Crippen LogP contribution in [0.15, 0.2) is 0 Å². The van der Waals surface area contributed by atoms with Crippen molar-refractivity contribution in [3.63, 3.8) is 0 Å². The Morgan fingerprint density at radius 1 is 1.19 bits per heavy atom. The number of hydrogen-bond acceptors (Lipinski definition) is 7. The molecule has 0 amide bonds. The van der Waals surface area contributed by atoms with Gasteiger partial charge in [-0.2, -0.15) is 8.42 Å². The Morgan fingerprint density at radius 2 is 1.69 bits per heavy atom. The van der Waals surface area contributed by atoms with Gasteiger partial charge in [-0.3, -0.25) is 0 Å². The van der Waals surface area contributed by atoms with Crippen molar-refractivity contribution >= 4 is 28.0 Å². The van der Waals surface area contributed by atoms with Gasteiger partial charge in [0.15, 0.2) is 0 Å². The van der Waals surface area contributed by atoms with Gasteiger partial charge >= 0.3 is 13.2 Å². The summed E-state index contributed by atoms with van der Waals surface area (Å²) in [5, 5.41) is -1.97. The largest absolute Gasteiger partial charge is 0.558 e. The lowest BCUT2D eigenvalue weighted by Crippen LogP contribution is -2.26. The molecule has 0 aliphatic carbocycles. The van der Waals surface area contributed by atoms with Crippen molar-refractivity contribution in [3.8, 4) is 0 Å². The maximum Gasteiger partial charge on any atom is 0.558 e. The minimum Gasteiger partial charge on any atom is -0.221 e. The second-order valence-electron chi connectivity index (χ2n) is 2.76. The molecule has 0 radical (unpaired) electrons. The molecule has 0 aliphatic heterocycles. The van der Waals surface area contributed by atoms with Gasteiger partial charge in [0.1, 0.15) is 0 Å². The summed E-state index contributed by atoms with van der Waals surface area (Å²) in [6, 6.07) is 0. The van der Waals surface area contributed by atoms with Crippen LogP contribution >= 0.6 is 8.03 Å². The van der Waals surface area contributed by atoms with Crippen molar-refractivity contribution < 1.29 is 30.1 Å². The van der Waals surface area contributed by atoms with Crippen molar-refractivity contribution in [2.24, 2.45) is 0 Å². The van der Waals surface area contributed by atoms with Crippen LogP contribution in [0, 0.1) is 0 Å². The summed E-state index contributed by atoms with van der Waals surface area (Å²) in [6.07, 6.45) is 0.681. The summed E-state index contributed by atoms with van der Waals surface area (Å²) in [4.78, 5) is 0. The van der Waals surface area contributed by atoms with Crippen molar-refractivity contribution in [2.75, 3.05) is 18.6 Å². The van der Waals surface area contributed by atoms with E-state index >= 15 is 0 Å². The van der Waals surface area contributed by atoms with Gasteiger partial charge in [-0.15, -0.1) is 4.52 Å². The first kappa shape index (κ1) is 15.9. The fourth-order valence-corrected chi connectivity index (χ4v) is 5.00. The van der Waals surface area contributed by atoms with Crippen LogP contribution < -0.4 is 0 Å². The monoisotopic (exact) mass is 293 g/mol. The average molecular weight is 293 g/mol. The Kier molecular flexibility index (Phi) is 5.99. The predicted molar refractivity (Wildman–Crippen MR) is 58.4 cm³/mol. The lowest BCUT2D eigenvalue weighted by atomic mass is 10.9. The molecule has 7 nitrogen and oxygen atoms in total. The van der Waals surface area contributed by atoms with Gasteiger partial charge in [-0.05, 0) is 11.5 Å². The summed E-state index contributed by atoms with van der Waals surface area (Å²) < 4.78 is 64.8. The van der Waals surface area contributed by atoms with Gasteiger partial charge in [0.05, 0.1) is 18.6 Å². The molecule has 0 heterocycles. The van der Waals surface area contributed by atoms with Crippen molar-refractivity contribution in [1.29, 1.82) is 0 Å². The Morgan fingerprint density at radius 3 is 2.00 bits per heavy atom. The third-order valence-electron chi connectivity index (χ3n) is 1.40. The Bertz CT molecular complexity index is 437. The van der Waals surface area contributed by atoms with Crippen molar-refractivity contribution in [2.45, 2.75) is 19.0 Å². The maximum atomic E-state index is 11.4. The van der Waals surface area contributed by atoms with E-state index in [0.717, 1.165) is 0 Å². The molecule has 10 heteroatoms. The molecule has 0 bridgehead atoms. The van der Waals surface area contributed by atoms with E-state index in [0.29, 0.717) is 6.26 Å². The Balaban J connectivity index is 5.16. The molecule has 0 aliphatic rings. The van der Waals surface area contributed by atoms with Crippen LogP contribution in [-0.4, -0.2) is 40.6 Å². The highest BCUT2D eigenvalue weighted by molar-refractivity contribution is 7.97. The molecule has 0 aromatic rings. The smallest absolute Gasteiger partial charge is 0.221 e. The van der Waals surface area contributed by atoms with Gasteiger partial charge in [-0.25, -0.2) is 12.6 Å². The van der Waals surface area contributed by atoms with E-state index in [9.17, 15) is 21.4 Å². The molecule has 0 rings (SSSR count). The zero-order chi connectivity index (χ0) is 13.0. The van der Waals surface area contributed by atoms with E-state index < -0.39 is 33.2 Å². The summed E-state index contributed by atoms with van der Waals surface area (Å²) in [7, 11) is -10.7. The van der Waals surface area contributed by atoms with Crippen molar-refractivity contribution in [3.05, 3.63) is 0 Å². The molecule has 16 heavy (non-hydrogen) atoms. The summed E-state index contributed by atoms with van der Waals surface area (Å²) in [5.41, 5.74) is 0. The molecule has 0 aromatic carbocycles. The highest BCUT2D eigenvalue weighted by Crippen LogP contribution is 2.35. The number of rotatable bonds is 7. The lowest BCUT2D eigenvalue weighted by molar-refractivity contribution is 0.290. The van der Waals surface area contributed by atoms with E-state index in [1.807, 2.05) is 0 Å². The van der Waals surface area contributed by atoms with Gasteiger partial charge in [-0.1, -0.05) is 6.92 Å². The third kappa shape index (κ3) is 5.31. The van der Waals surface area contributed by atoms with E-state index in [2.05, 4.69) is 8.71 Å². The van der Waals surface area contributed by atoms with Crippen LogP contribution in [0.25, 0.3) is 0 Å². The topological polar surface area (TPSA) is 104 Å². The zero-order valence-electron chi connectivity index (χ0n) is 9.11. The predicted octanol–water partition coefficient (Wildman–Crippen LogP) is 0.460. The minimum atomic E-state index is -4.02. The Labute approximate surface area is 96.0 Å². The van der Waals surface area contributed by atoms with E-state index in [1.54, 1.807) is 0 Å². The molecule has 96 valence electrons. The highest BCUT2D eigenvalue weighted by atomic mass is 32.2. The van der Waals surface area contributed by atoms with Gasteiger partial charge in [0.2, 0.25) is 9.84 Å². The van der Waals surface area contributed by atoms with Crippen LogP contribution in [0.5, 0.6) is 0 Å². The highest BCUT2D eigenvalue weighted by Gasteiger charge is 2.47. The zero-order valence-corrected chi connectivity index (χ0v) is 11.6. The lowest BCUT2D eigenvalue weighted by Gasteiger charge is -2.05. The molecular weight excluding hydrogens is 279 g/mol. The molecule has 0 aromatic heterocycles. The molecule has 0 saturated heterocycles. The quantitative estimate of drug-likeness (QED) is 0.496. The van der Waals surface area contributed by atoms with Crippen molar-refractivity contribution in [1.82, 2.24) is 0 Å². The molecule has 0 fully saturated rings. The molecule has 2 unspecified atom stereocenters. The summed E-state index contributed by atoms with van der Waals surface area (Å²) >= 11 is 0. The minimum absolute atomic E-state index is 0.00192. The van der Waals surface area contributed by atoms with E-state index in [4.69, 9.17) is 0 Å². The van der Waals surface area contributed by atoms with E-state index in [1.165, 1.54) is 13.8 Å². The summed E-state index contributed by atoms with van der Waals surface area (Å²) in [5.74, 6) is -0.388. The Hall–Kier alpha value is -0.0800. The second kappa shape index (κ2) is 6.02. The first-order chi connectivity index (χ1) is 7.14. The van der Waals surface area contributed by atoms with Crippen LogP contribution in [0.2, 0.25) is 0 Å². The van der Waals surface area contributed by atoms with Gasteiger partial charge < -0.3 is 0 Å². The molecular formula is C6H14O7PS2+. The molecule has 0 saturated carbocycles. The van der Waals surface area contributed by atoms with Crippen LogP contribution in [0.4, 0.5) is 0 Å². The standard InChI is InChI=1S/C6H14O7PS2/c1-4-12-14(7)6(13-15(3,8)9)16(10,11)5-2/h6H,4-5H2,1-3H3/q+1. The van der Waals surface area contributed by atoms with E-state index in [-0.39, 0.29) is 12.4 Å². The second-order valence-corrected chi connectivity index (χ2v) is 8.34. The maximum absolute atomic E-state index is 11.4. The number of hydrogen-bond donors (Lipinski definition) is 0. The SMILES string of the molecule is CCO[P+](=O)C(OS(C)(=O)=O)S(=O)(=O)CC. The van der Waals surface area contributed by atoms with Crippen LogP contribution in [0.3, 0.4) is 0 Å². The van der Waals surface area contributed by atoms with Gasteiger partial charge in [0.25, 0.3) is 10.1 Å². The fourth-order valence-electron chi connectivity index (χ4n) is 0.706. The number of sulfone groups is 1. The molecule has 0 N–H and O–H groups in total. The van der Waals surface area contributed by atoms with Crippen LogP contribution in [-0.2, 0) is 33.2 Å². The third-order valence-corrected chi connectivity index (χ3v) is 6.16. The fraction of sp³-hybridized carbons (Fsp3) is 1.00. The molecule has 2 atom stereocenters. The normalized spacial score (nSPS) is 15.8. The average Bonchev–Trinajstić information content (AvgIpc) is 2.13.